The molecule has 1 aliphatic carbocycles. The molecule has 1 saturated carbocycles. The number of benzene rings is 1. The van der Waals surface area contributed by atoms with Crippen molar-refractivity contribution in [2.75, 3.05) is 6.54 Å². The second-order valence-electron chi connectivity index (χ2n) is 5.41. The molecule has 2 aromatic rings. The summed E-state index contributed by atoms with van der Waals surface area (Å²) in [7, 11) is 0. The van der Waals surface area contributed by atoms with Crippen molar-refractivity contribution >= 4 is 22.6 Å². The molecule has 19 heavy (non-hydrogen) atoms. The van der Waals surface area contributed by atoms with E-state index < -0.39 is 0 Å². The average Bonchev–Trinajstić information content (AvgIpc) is 3.15. The fourth-order valence-corrected chi connectivity index (χ4v) is 2.99. The van der Waals surface area contributed by atoms with Gasteiger partial charge in [0, 0.05) is 17.8 Å². The Morgan fingerprint density at radius 3 is 2.95 bits per heavy atom. The first-order chi connectivity index (χ1) is 9.28. The predicted octanol–water partition coefficient (Wildman–Crippen LogP) is 4.41. The van der Waals surface area contributed by atoms with Crippen molar-refractivity contribution in [3.63, 3.8) is 0 Å². The van der Waals surface area contributed by atoms with Crippen LogP contribution in [-0.4, -0.2) is 12.6 Å². The summed E-state index contributed by atoms with van der Waals surface area (Å²) in [5.74, 6) is 1.93. The fourth-order valence-electron chi connectivity index (χ4n) is 2.77. The summed E-state index contributed by atoms with van der Waals surface area (Å²) in [6.45, 7) is 3.23. The predicted molar refractivity (Wildman–Crippen MR) is 79.7 cm³/mol. The minimum absolute atomic E-state index is 0.647. The third-order valence-electron chi connectivity index (χ3n) is 3.91. The van der Waals surface area contributed by atoms with Crippen LogP contribution in [0, 0.1) is 5.92 Å². The Morgan fingerprint density at radius 2 is 2.26 bits per heavy atom. The summed E-state index contributed by atoms with van der Waals surface area (Å²) >= 11 is 6.14. The highest BCUT2D eigenvalue weighted by molar-refractivity contribution is 6.34. The second kappa shape index (κ2) is 5.56. The number of nitrogens with one attached hydrogen (secondary N) is 1. The van der Waals surface area contributed by atoms with Crippen LogP contribution in [0.5, 0.6) is 0 Å². The quantitative estimate of drug-likeness (QED) is 0.846. The standard InChI is InChI=1S/C16H20ClNO/c1-2-18-15(11-6-7-11)9-8-13-10-12-4-3-5-14(17)16(12)19-13/h3-5,10-11,15,18H,2,6-9H2,1H3. The zero-order valence-corrected chi connectivity index (χ0v) is 12.0. The topological polar surface area (TPSA) is 25.2 Å². The molecule has 0 saturated heterocycles. The minimum Gasteiger partial charge on any atom is -0.460 e. The van der Waals surface area contributed by atoms with E-state index in [1.165, 1.54) is 12.8 Å². The van der Waals surface area contributed by atoms with E-state index in [2.05, 4.69) is 24.4 Å². The number of furan rings is 1. The molecule has 1 unspecified atom stereocenters. The van der Waals surface area contributed by atoms with E-state index in [9.17, 15) is 0 Å². The molecule has 0 aliphatic heterocycles. The van der Waals surface area contributed by atoms with Gasteiger partial charge in [-0.05, 0) is 43.9 Å². The third-order valence-corrected chi connectivity index (χ3v) is 4.20. The van der Waals surface area contributed by atoms with Crippen LogP contribution in [0.15, 0.2) is 28.7 Å². The van der Waals surface area contributed by atoms with Crippen molar-refractivity contribution in [1.82, 2.24) is 5.32 Å². The van der Waals surface area contributed by atoms with Gasteiger partial charge in [0.15, 0.2) is 5.58 Å². The Kier molecular flexibility index (Phi) is 3.81. The highest BCUT2D eigenvalue weighted by Gasteiger charge is 2.30. The summed E-state index contributed by atoms with van der Waals surface area (Å²) in [5.41, 5.74) is 0.825. The molecule has 3 rings (SSSR count). The van der Waals surface area contributed by atoms with Crippen LogP contribution in [0.25, 0.3) is 11.0 Å². The molecular formula is C16H20ClNO. The summed E-state index contributed by atoms with van der Waals surface area (Å²) in [4.78, 5) is 0. The molecule has 0 amide bonds. The van der Waals surface area contributed by atoms with Gasteiger partial charge in [0.2, 0.25) is 0 Å². The Morgan fingerprint density at radius 1 is 1.42 bits per heavy atom. The van der Waals surface area contributed by atoms with Gasteiger partial charge in [-0.2, -0.15) is 0 Å². The molecular weight excluding hydrogens is 258 g/mol. The molecule has 1 heterocycles. The van der Waals surface area contributed by atoms with E-state index in [1.807, 2.05) is 12.1 Å². The maximum absolute atomic E-state index is 6.14. The van der Waals surface area contributed by atoms with Crippen molar-refractivity contribution in [1.29, 1.82) is 0 Å². The van der Waals surface area contributed by atoms with Crippen LogP contribution in [0.1, 0.15) is 31.9 Å². The van der Waals surface area contributed by atoms with E-state index >= 15 is 0 Å². The fraction of sp³-hybridized carbons (Fsp3) is 0.500. The Labute approximate surface area is 119 Å². The van der Waals surface area contributed by atoms with Gasteiger partial charge in [-0.3, -0.25) is 0 Å². The summed E-state index contributed by atoms with van der Waals surface area (Å²) in [6.07, 6.45) is 4.89. The molecule has 3 heteroatoms. The largest absolute Gasteiger partial charge is 0.460 e. The number of halogens is 1. The van der Waals surface area contributed by atoms with Gasteiger partial charge in [0.25, 0.3) is 0 Å². The Bertz CT molecular complexity index is 559. The van der Waals surface area contributed by atoms with Crippen LogP contribution in [0.2, 0.25) is 5.02 Å². The first kappa shape index (κ1) is 13.0. The van der Waals surface area contributed by atoms with Crippen LogP contribution < -0.4 is 5.32 Å². The van der Waals surface area contributed by atoms with E-state index in [-0.39, 0.29) is 0 Å². The molecule has 1 aromatic heterocycles. The smallest absolute Gasteiger partial charge is 0.152 e. The third kappa shape index (κ3) is 2.96. The maximum Gasteiger partial charge on any atom is 0.152 e. The lowest BCUT2D eigenvalue weighted by atomic mass is 10.1. The van der Waals surface area contributed by atoms with Crippen LogP contribution >= 0.6 is 11.6 Å². The zero-order valence-electron chi connectivity index (χ0n) is 11.3. The number of rotatable bonds is 6. The molecule has 0 radical (unpaired) electrons. The first-order valence-electron chi connectivity index (χ1n) is 7.18. The van der Waals surface area contributed by atoms with E-state index in [0.29, 0.717) is 11.1 Å². The molecule has 102 valence electrons. The van der Waals surface area contributed by atoms with Crippen molar-refractivity contribution < 1.29 is 4.42 Å². The molecule has 1 aliphatic rings. The lowest BCUT2D eigenvalue weighted by Crippen LogP contribution is -2.31. The second-order valence-corrected chi connectivity index (χ2v) is 5.82. The van der Waals surface area contributed by atoms with Crippen LogP contribution in [0.4, 0.5) is 0 Å². The van der Waals surface area contributed by atoms with Gasteiger partial charge in [0.05, 0.1) is 5.02 Å². The number of para-hydroxylation sites is 1. The summed E-state index contributed by atoms with van der Waals surface area (Å²) < 4.78 is 5.87. The van der Waals surface area contributed by atoms with E-state index in [4.69, 9.17) is 16.0 Å². The lowest BCUT2D eigenvalue weighted by Gasteiger charge is -2.16. The van der Waals surface area contributed by atoms with Gasteiger partial charge in [-0.25, -0.2) is 0 Å². The minimum atomic E-state index is 0.647. The molecule has 1 aromatic carbocycles. The number of aryl methyl sites for hydroxylation is 1. The molecule has 0 spiro atoms. The summed E-state index contributed by atoms with van der Waals surface area (Å²) in [6, 6.07) is 8.67. The molecule has 1 atom stereocenters. The highest BCUT2D eigenvalue weighted by Crippen LogP contribution is 2.35. The zero-order chi connectivity index (χ0) is 13.2. The van der Waals surface area contributed by atoms with Crippen molar-refractivity contribution in [3.05, 3.63) is 35.0 Å². The van der Waals surface area contributed by atoms with Gasteiger partial charge in [-0.1, -0.05) is 30.7 Å². The normalized spacial score (nSPS) is 16.9. The lowest BCUT2D eigenvalue weighted by molar-refractivity contribution is 0.426. The number of hydrogen-bond donors (Lipinski definition) is 1. The van der Waals surface area contributed by atoms with Gasteiger partial charge in [0.1, 0.15) is 5.76 Å². The first-order valence-corrected chi connectivity index (χ1v) is 7.56. The Hall–Kier alpha value is -0.990. The van der Waals surface area contributed by atoms with Gasteiger partial charge >= 0.3 is 0 Å². The van der Waals surface area contributed by atoms with Crippen molar-refractivity contribution in [3.8, 4) is 0 Å². The van der Waals surface area contributed by atoms with Gasteiger partial charge < -0.3 is 9.73 Å². The van der Waals surface area contributed by atoms with Gasteiger partial charge in [-0.15, -0.1) is 0 Å². The van der Waals surface area contributed by atoms with Crippen molar-refractivity contribution in [2.24, 2.45) is 5.92 Å². The SMILES string of the molecule is CCNC(CCc1cc2cccc(Cl)c2o1)C1CC1. The van der Waals surface area contributed by atoms with Crippen LogP contribution in [0.3, 0.4) is 0 Å². The van der Waals surface area contributed by atoms with E-state index in [0.717, 1.165) is 42.0 Å². The summed E-state index contributed by atoms with van der Waals surface area (Å²) in [5, 5.41) is 5.40. The Balaban J connectivity index is 1.69. The van der Waals surface area contributed by atoms with Crippen LogP contribution in [-0.2, 0) is 6.42 Å². The molecule has 2 nitrogen and oxygen atoms in total. The number of hydrogen-bond acceptors (Lipinski definition) is 2. The number of fused-ring (bicyclic) bond motifs is 1. The molecule has 1 N–H and O–H groups in total. The molecule has 0 bridgehead atoms. The maximum atomic E-state index is 6.14. The van der Waals surface area contributed by atoms with E-state index in [1.54, 1.807) is 0 Å². The molecule has 1 fully saturated rings. The average molecular weight is 278 g/mol. The highest BCUT2D eigenvalue weighted by atomic mass is 35.5. The van der Waals surface area contributed by atoms with Crippen molar-refractivity contribution in [2.45, 2.75) is 38.6 Å². The monoisotopic (exact) mass is 277 g/mol.